The molecule has 0 heterocycles. The Kier molecular flexibility index (Phi) is 23.5. The van der Waals surface area contributed by atoms with Crippen LogP contribution in [0.4, 0.5) is 0 Å². The van der Waals surface area contributed by atoms with E-state index >= 15 is 0 Å². The van der Waals surface area contributed by atoms with Crippen LogP contribution in [-0.2, 0) is 52.2 Å². The van der Waals surface area contributed by atoms with Gasteiger partial charge >= 0.3 is 0 Å². The topological polar surface area (TPSA) is 166 Å². The van der Waals surface area contributed by atoms with Crippen LogP contribution in [0.5, 0.6) is 0 Å². The fourth-order valence-corrected chi connectivity index (χ4v) is 3.66. The van der Waals surface area contributed by atoms with Crippen molar-refractivity contribution in [3.63, 3.8) is 0 Å². The van der Waals surface area contributed by atoms with E-state index in [1.54, 1.807) is 12.1 Å². The maximum Gasteiger partial charge on any atom is 0.297 e. The fraction of sp³-hybridized carbons (Fsp3) is 0.760. The quantitative estimate of drug-likeness (QED) is 0.0439. The summed E-state index contributed by atoms with van der Waals surface area (Å²) in [4.78, 5) is 2.76. The van der Waals surface area contributed by atoms with Crippen LogP contribution in [0.3, 0.4) is 0 Å². The van der Waals surface area contributed by atoms with Gasteiger partial charge in [0.1, 0.15) is 0 Å². The molecule has 0 aromatic heterocycles. The summed E-state index contributed by atoms with van der Waals surface area (Å²) in [6, 6.07) is 6.47. The predicted octanol–water partition coefficient (Wildman–Crippen LogP) is 2.14. The Labute approximate surface area is 236 Å². The minimum absolute atomic E-state index is 0.0608. The second kappa shape index (κ2) is 26.0. The summed E-state index contributed by atoms with van der Waals surface area (Å²) >= 11 is 0. The highest BCUT2D eigenvalue weighted by molar-refractivity contribution is 7.86. The van der Waals surface area contributed by atoms with E-state index < -0.39 is 10.1 Å². The monoisotopic (exact) mass is 593 g/mol. The van der Waals surface area contributed by atoms with Crippen molar-refractivity contribution in [1.82, 2.24) is 0 Å². The predicted molar refractivity (Wildman–Crippen MR) is 145 cm³/mol. The normalized spacial score (nSPS) is 11.5. The summed E-state index contributed by atoms with van der Waals surface area (Å²) in [5, 5.41) is 3.36. The molecule has 40 heavy (non-hydrogen) atoms. The van der Waals surface area contributed by atoms with Crippen LogP contribution >= 0.6 is 0 Å². The summed E-state index contributed by atoms with van der Waals surface area (Å²) in [7, 11) is -3.77. The Bertz CT molecular complexity index is 869. The van der Waals surface area contributed by atoms with Gasteiger partial charge in [-0.25, -0.2) is 0 Å². The molecular weight excluding hydrogens is 550 g/mol. The van der Waals surface area contributed by atoms with Crippen molar-refractivity contribution < 1.29 is 50.5 Å². The zero-order valence-electron chi connectivity index (χ0n) is 23.3. The second-order valence-electron chi connectivity index (χ2n) is 7.94. The molecule has 0 saturated carbocycles. The van der Waals surface area contributed by atoms with Gasteiger partial charge in [-0.15, -0.1) is 0 Å². The molecule has 1 aromatic rings. The molecule has 0 bridgehead atoms. The Morgan fingerprint density at radius 3 is 1.25 bits per heavy atom. The van der Waals surface area contributed by atoms with E-state index in [4.69, 9.17) is 47.6 Å². The van der Waals surface area contributed by atoms with Gasteiger partial charge in [0, 0.05) is 11.5 Å². The molecule has 1 aromatic carbocycles. The van der Waals surface area contributed by atoms with Gasteiger partial charge < -0.3 is 37.9 Å². The molecule has 0 aliphatic rings. The van der Waals surface area contributed by atoms with Crippen LogP contribution < -0.4 is 0 Å². The lowest BCUT2D eigenvalue weighted by atomic mass is 10.2. The summed E-state index contributed by atoms with van der Waals surface area (Å²) < 4.78 is 72.0. The molecule has 0 aliphatic heterocycles. The molecule has 230 valence electrons. The van der Waals surface area contributed by atoms with Crippen molar-refractivity contribution in [2.45, 2.75) is 11.8 Å². The van der Waals surface area contributed by atoms with Crippen molar-refractivity contribution in [2.75, 3.05) is 119 Å². The van der Waals surface area contributed by atoms with Crippen LogP contribution in [0.2, 0.25) is 0 Å². The molecule has 0 radical (unpaired) electrons. The number of rotatable bonds is 29. The van der Waals surface area contributed by atoms with Crippen LogP contribution in [-0.4, -0.2) is 127 Å². The number of hydrogen-bond acceptors (Lipinski definition) is 12. The lowest BCUT2D eigenvalue weighted by Gasteiger charge is -2.09. The summed E-state index contributed by atoms with van der Waals surface area (Å²) in [6.07, 6.45) is 0. The van der Waals surface area contributed by atoms with Crippen molar-refractivity contribution in [3.05, 3.63) is 40.3 Å². The van der Waals surface area contributed by atoms with Gasteiger partial charge in [0.05, 0.1) is 117 Å². The van der Waals surface area contributed by atoms with Crippen LogP contribution in [0.15, 0.2) is 34.3 Å². The van der Waals surface area contributed by atoms with Crippen LogP contribution in [0, 0.1) is 6.92 Å². The number of ether oxygens (including phenoxy) is 8. The first kappa shape index (κ1) is 36.1. The van der Waals surface area contributed by atoms with Gasteiger partial charge in [-0.05, 0) is 24.6 Å². The first-order valence-corrected chi connectivity index (χ1v) is 14.6. The molecule has 0 unspecified atom stereocenters. The van der Waals surface area contributed by atoms with E-state index in [1.165, 1.54) is 12.1 Å². The van der Waals surface area contributed by atoms with E-state index in [-0.39, 0.29) is 18.1 Å². The zero-order valence-corrected chi connectivity index (χ0v) is 24.1. The molecule has 0 fully saturated rings. The second-order valence-corrected chi connectivity index (χ2v) is 9.56. The molecule has 14 nitrogen and oxygen atoms in total. The highest BCUT2D eigenvalue weighted by atomic mass is 32.2. The summed E-state index contributed by atoms with van der Waals surface area (Å²) in [5.41, 5.74) is 9.09. The average Bonchev–Trinajstić information content (AvgIpc) is 2.94. The molecular formula is C25H43N3O11S. The molecule has 0 N–H and O–H groups in total. The Hall–Kier alpha value is -1.88. The third-order valence-electron chi connectivity index (χ3n) is 4.78. The van der Waals surface area contributed by atoms with E-state index in [0.29, 0.717) is 106 Å². The van der Waals surface area contributed by atoms with Gasteiger partial charge in [-0.2, -0.15) is 8.42 Å². The van der Waals surface area contributed by atoms with Gasteiger partial charge in [0.2, 0.25) is 0 Å². The SMILES string of the molecule is Cc1ccc(S(=O)(=O)OCCOCCOCCOCCOCCOCCOCCOCCOCCN=[N+]=[N-])cc1. The Morgan fingerprint density at radius 2 is 0.900 bits per heavy atom. The third-order valence-corrected chi connectivity index (χ3v) is 6.11. The first-order chi connectivity index (χ1) is 19.6. The van der Waals surface area contributed by atoms with Crippen molar-refractivity contribution >= 4 is 10.1 Å². The average molecular weight is 594 g/mol. The molecule has 1 rings (SSSR count). The number of azide groups is 1. The number of nitrogens with zero attached hydrogens (tertiary/aromatic N) is 3. The first-order valence-electron chi connectivity index (χ1n) is 13.1. The number of aryl methyl sites for hydroxylation is 1. The maximum atomic E-state index is 12.0. The van der Waals surface area contributed by atoms with Gasteiger partial charge in [-0.3, -0.25) is 4.18 Å². The fourth-order valence-electron chi connectivity index (χ4n) is 2.77. The van der Waals surface area contributed by atoms with E-state index in [0.717, 1.165) is 5.56 Å². The Balaban J connectivity index is 1.72. The highest BCUT2D eigenvalue weighted by Gasteiger charge is 2.14. The molecule has 0 spiro atoms. The molecule has 0 atom stereocenters. The minimum atomic E-state index is -3.77. The van der Waals surface area contributed by atoms with Crippen LogP contribution in [0.1, 0.15) is 5.56 Å². The molecule has 0 saturated heterocycles. The molecule has 0 aliphatic carbocycles. The van der Waals surface area contributed by atoms with E-state index in [1.807, 2.05) is 6.92 Å². The van der Waals surface area contributed by atoms with Crippen molar-refractivity contribution in [2.24, 2.45) is 5.11 Å². The number of benzene rings is 1. The standard InChI is InChI=1S/C25H43N3O11S/c1-24-2-4-25(5-3-24)40(29,30)39-23-22-38-21-20-37-19-18-36-17-16-35-15-14-34-13-12-33-11-10-32-9-8-31-7-6-27-28-26/h2-5H,6-23H2,1H3. The van der Waals surface area contributed by atoms with Gasteiger partial charge in [-0.1, -0.05) is 22.8 Å². The lowest BCUT2D eigenvalue weighted by Crippen LogP contribution is -2.15. The van der Waals surface area contributed by atoms with Gasteiger partial charge in [0.15, 0.2) is 0 Å². The van der Waals surface area contributed by atoms with Crippen molar-refractivity contribution in [3.8, 4) is 0 Å². The highest BCUT2D eigenvalue weighted by Crippen LogP contribution is 2.12. The van der Waals surface area contributed by atoms with Crippen molar-refractivity contribution in [1.29, 1.82) is 0 Å². The molecule has 0 amide bonds. The largest absolute Gasteiger partial charge is 0.379 e. The van der Waals surface area contributed by atoms with Crippen LogP contribution in [0.25, 0.3) is 10.4 Å². The van der Waals surface area contributed by atoms with E-state index in [9.17, 15) is 8.42 Å². The molecule has 15 heteroatoms. The summed E-state index contributed by atoms with van der Waals surface area (Å²) in [6.45, 7) is 8.88. The lowest BCUT2D eigenvalue weighted by molar-refractivity contribution is -0.0234. The third kappa shape index (κ3) is 21.9. The Morgan fingerprint density at radius 1 is 0.575 bits per heavy atom. The smallest absolute Gasteiger partial charge is 0.297 e. The van der Waals surface area contributed by atoms with E-state index in [2.05, 4.69) is 10.0 Å². The summed E-state index contributed by atoms with van der Waals surface area (Å²) in [5.74, 6) is 0. The number of hydrogen-bond donors (Lipinski definition) is 0. The maximum absolute atomic E-state index is 12.0. The zero-order chi connectivity index (χ0) is 29.0. The minimum Gasteiger partial charge on any atom is -0.379 e. The van der Waals surface area contributed by atoms with Gasteiger partial charge in [0.25, 0.3) is 10.1 Å².